The Balaban J connectivity index is 2.07. The van der Waals surface area contributed by atoms with Gasteiger partial charge in [0, 0.05) is 32.5 Å². The number of hydrogen-bond acceptors (Lipinski definition) is 3. The number of halogens is 2. The molecule has 0 fully saturated rings. The van der Waals surface area contributed by atoms with Crippen molar-refractivity contribution in [1.29, 1.82) is 0 Å². The smallest absolute Gasteiger partial charge is 0.418 e. The molecule has 0 aliphatic rings. The van der Waals surface area contributed by atoms with Crippen molar-refractivity contribution < 1.29 is 14.3 Å². The van der Waals surface area contributed by atoms with Crippen LogP contribution in [0.15, 0.2) is 72.9 Å². The molecule has 0 saturated heterocycles. The number of ether oxygens (including phenoxy) is 2. The molecule has 31 heavy (non-hydrogen) atoms. The fraction of sp³-hybridized carbons (Fsp3) is 0.240. The predicted octanol–water partition coefficient (Wildman–Crippen LogP) is 7.52. The number of carbonyl (C=O) groups is 1. The second-order valence-electron chi connectivity index (χ2n) is 7.92. The molecule has 3 aromatic rings. The third-order valence-electron chi connectivity index (χ3n) is 4.35. The number of amides is 1. The third kappa shape index (κ3) is 6.14. The molecular formula is C25H25ClINO3. The highest BCUT2D eigenvalue weighted by Crippen LogP contribution is 2.38. The van der Waals surface area contributed by atoms with Crippen LogP contribution in [0, 0.1) is 3.57 Å². The topological polar surface area (TPSA) is 38.8 Å². The van der Waals surface area contributed by atoms with Gasteiger partial charge in [-0.05, 0) is 48.9 Å². The summed E-state index contributed by atoms with van der Waals surface area (Å²) in [7, 11) is 0. The third-order valence-corrected chi connectivity index (χ3v) is 5.66. The molecular weight excluding hydrogens is 525 g/mol. The van der Waals surface area contributed by atoms with Crippen molar-refractivity contribution in [3.63, 3.8) is 0 Å². The van der Waals surface area contributed by atoms with Crippen molar-refractivity contribution in [3.05, 3.63) is 82.1 Å². The number of nitrogens with zero attached hydrogens (tertiary/aromatic N) is 1. The molecule has 0 aromatic heterocycles. The lowest BCUT2D eigenvalue weighted by Gasteiger charge is -2.27. The zero-order chi connectivity index (χ0) is 22.4. The summed E-state index contributed by atoms with van der Waals surface area (Å²) in [5.74, 6) is 0.976. The van der Waals surface area contributed by atoms with E-state index in [9.17, 15) is 4.79 Å². The van der Waals surface area contributed by atoms with Gasteiger partial charge in [-0.15, -0.1) is 11.6 Å². The quantitative estimate of drug-likeness (QED) is 0.236. The zero-order valence-corrected chi connectivity index (χ0v) is 20.7. The van der Waals surface area contributed by atoms with Gasteiger partial charge >= 0.3 is 6.09 Å². The van der Waals surface area contributed by atoms with E-state index in [0.717, 1.165) is 19.9 Å². The Hall–Kier alpha value is -2.25. The van der Waals surface area contributed by atoms with E-state index in [1.807, 2.05) is 81.4 Å². The summed E-state index contributed by atoms with van der Waals surface area (Å²) in [6.07, 6.45) is 2.88. The van der Waals surface area contributed by atoms with Crippen molar-refractivity contribution in [2.24, 2.45) is 0 Å². The van der Waals surface area contributed by atoms with E-state index in [2.05, 4.69) is 22.6 Å². The molecule has 0 radical (unpaired) electrons. The van der Waals surface area contributed by atoms with Gasteiger partial charge in [-0.25, -0.2) is 4.79 Å². The molecule has 0 aliphatic carbocycles. The van der Waals surface area contributed by atoms with Crippen LogP contribution in [0.3, 0.4) is 0 Å². The van der Waals surface area contributed by atoms with Gasteiger partial charge in [0.2, 0.25) is 0 Å². The molecule has 0 N–H and O–H groups in total. The van der Waals surface area contributed by atoms with Gasteiger partial charge in [-0.3, -0.25) is 4.90 Å². The standard InChI is InChI=1S/C25H25ClINO3/c1-25(2,3)31-24(29)28(15-9-14-26)21-16-22(30-17-18-10-5-4-6-11-18)19-12-7-8-13-20(19)23(21)27/h4-13,15-16H,14,17H2,1-3H3. The first kappa shape index (κ1) is 23.4. The van der Waals surface area contributed by atoms with Gasteiger partial charge in [-0.2, -0.15) is 0 Å². The SMILES string of the molecule is CC(C)(C)OC(=O)N(C=CCCl)c1cc(OCc2ccccc2)c2ccccc2c1I. The average molecular weight is 550 g/mol. The number of alkyl halides is 1. The summed E-state index contributed by atoms with van der Waals surface area (Å²) in [5, 5.41) is 1.98. The maximum Gasteiger partial charge on any atom is 0.418 e. The molecule has 0 saturated carbocycles. The number of benzene rings is 3. The second-order valence-corrected chi connectivity index (χ2v) is 9.30. The minimum Gasteiger partial charge on any atom is -0.488 e. The van der Waals surface area contributed by atoms with E-state index in [-0.39, 0.29) is 5.88 Å². The Labute approximate surface area is 201 Å². The van der Waals surface area contributed by atoms with Crippen LogP contribution in [0.2, 0.25) is 0 Å². The molecule has 0 spiro atoms. The van der Waals surface area contributed by atoms with E-state index < -0.39 is 11.7 Å². The first-order chi connectivity index (χ1) is 14.8. The van der Waals surface area contributed by atoms with Crippen LogP contribution in [-0.4, -0.2) is 17.6 Å². The van der Waals surface area contributed by atoms with Gasteiger partial charge in [-0.1, -0.05) is 60.7 Å². The normalized spacial score (nSPS) is 11.6. The molecule has 3 aromatic carbocycles. The van der Waals surface area contributed by atoms with E-state index in [4.69, 9.17) is 21.1 Å². The predicted molar refractivity (Wildman–Crippen MR) is 136 cm³/mol. The number of allylic oxidation sites excluding steroid dienone is 1. The lowest BCUT2D eigenvalue weighted by atomic mass is 10.1. The summed E-state index contributed by atoms with van der Waals surface area (Å²) >= 11 is 8.12. The number of hydrogen-bond donors (Lipinski definition) is 0. The summed E-state index contributed by atoms with van der Waals surface area (Å²) in [6, 6.07) is 19.9. The maximum absolute atomic E-state index is 13.0. The Kier molecular flexibility index (Phi) is 7.84. The lowest BCUT2D eigenvalue weighted by molar-refractivity contribution is 0.0596. The molecule has 0 aliphatic heterocycles. The largest absolute Gasteiger partial charge is 0.488 e. The van der Waals surface area contributed by atoms with E-state index in [1.165, 1.54) is 4.90 Å². The van der Waals surface area contributed by atoms with Gasteiger partial charge in [0.1, 0.15) is 18.0 Å². The molecule has 1 amide bonds. The number of carbonyl (C=O) groups excluding carboxylic acids is 1. The molecule has 3 rings (SSSR count). The van der Waals surface area contributed by atoms with Crippen LogP contribution >= 0.6 is 34.2 Å². The van der Waals surface area contributed by atoms with Crippen LogP contribution in [0.4, 0.5) is 10.5 Å². The molecule has 0 bridgehead atoms. The van der Waals surface area contributed by atoms with Crippen molar-refractivity contribution in [1.82, 2.24) is 0 Å². The second kappa shape index (κ2) is 10.4. The fourth-order valence-electron chi connectivity index (χ4n) is 3.02. The number of fused-ring (bicyclic) bond motifs is 1. The van der Waals surface area contributed by atoms with Crippen molar-refractivity contribution >= 4 is 56.7 Å². The number of anilines is 1. The highest BCUT2D eigenvalue weighted by atomic mass is 127. The summed E-state index contributed by atoms with van der Waals surface area (Å²) in [5.41, 5.74) is 1.12. The highest BCUT2D eigenvalue weighted by Gasteiger charge is 2.25. The Morgan fingerprint density at radius 2 is 1.71 bits per heavy atom. The van der Waals surface area contributed by atoms with Gasteiger partial charge in [0.15, 0.2) is 0 Å². The molecule has 0 atom stereocenters. The van der Waals surface area contributed by atoms with Crippen molar-refractivity contribution in [2.75, 3.05) is 10.8 Å². The van der Waals surface area contributed by atoms with Crippen LogP contribution in [0.1, 0.15) is 26.3 Å². The Bertz CT molecular complexity index is 1080. The first-order valence-electron chi connectivity index (χ1n) is 9.93. The average Bonchev–Trinajstić information content (AvgIpc) is 2.74. The monoisotopic (exact) mass is 549 g/mol. The van der Waals surface area contributed by atoms with Gasteiger partial charge in [0.05, 0.1) is 5.69 Å². The van der Waals surface area contributed by atoms with Crippen LogP contribution in [0.5, 0.6) is 5.75 Å². The lowest BCUT2D eigenvalue weighted by Crippen LogP contribution is -2.34. The Morgan fingerprint density at radius 1 is 1.06 bits per heavy atom. The van der Waals surface area contributed by atoms with Gasteiger partial charge in [0.25, 0.3) is 0 Å². The van der Waals surface area contributed by atoms with Crippen molar-refractivity contribution in [2.45, 2.75) is 33.0 Å². The molecule has 162 valence electrons. The first-order valence-corrected chi connectivity index (χ1v) is 11.5. The van der Waals surface area contributed by atoms with Crippen LogP contribution in [0.25, 0.3) is 10.8 Å². The summed E-state index contributed by atoms with van der Waals surface area (Å²) in [6.45, 7) is 5.95. The number of rotatable bonds is 6. The van der Waals surface area contributed by atoms with E-state index >= 15 is 0 Å². The van der Waals surface area contributed by atoms with Crippen LogP contribution < -0.4 is 9.64 Å². The molecule has 6 heteroatoms. The fourth-order valence-corrected chi connectivity index (χ4v) is 3.98. The maximum atomic E-state index is 13.0. The zero-order valence-electron chi connectivity index (χ0n) is 17.8. The molecule has 0 heterocycles. The summed E-state index contributed by atoms with van der Waals surface area (Å²) < 4.78 is 12.8. The minimum absolute atomic E-state index is 0.279. The van der Waals surface area contributed by atoms with E-state index in [1.54, 1.807) is 12.3 Å². The van der Waals surface area contributed by atoms with E-state index in [0.29, 0.717) is 18.0 Å². The highest BCUT2D eigenvalue weighted by molar-refractivity contribution is 14.1. The Morgan fingerprint density at radius 3 is 2.35 bits per heavy atom. The molecule has 4 nitrogen and oxygen atoms in total. The van der Waals surface area contributed by atoms with Crippen molar-refractivity contribution in [3.8, 4) is 5.75 Å². The molecule has 0 unspecified atom stereocenters. The summed E-state index contributed by atoms with van der Waals surface area (Å²) in [4.78, 5) is 14.5. The minimum atomic E-state index is -0.626. The van der Waals surface area contributed by atoms with Gasteiger partial charge < -0.3 is 9.47 Å². The van der Waals surface area contributed by atoms with Crippen LogP contribution in [-0.2, 0) is 11.3 Å².